The smallest absolute Gasteiger partial charge is 0.285 e. The summed E-state index contributed by atoms with van der Waals surface area (Å²) in [6.45, 7) is 2.61. The topological polar surface area (TPSA) is 101 Å². The van der Waals surface area contributed by atoms with Gasteiger partial charge in [-0.1, -0.05) is 27.5 Å². The molecule has 0 saturated carbocycles. The van der Waals surface area contributed by atoms with Gasteiger partial charge in [-0.2, -0.15) is 0 Å². The molecule has 2 heterocycles. The van der Waals surface area contributed by atoms with Crippen molar-refractivity contribution in [3.8, 4) is 0 Å². The lowest BCUT2D eigenvalue weighted by Gasteiger charge is -2.25. The molecule has 1 saturated heterocycles. The summed E-state index contributed by atoms with van der Waals surface area (Å²) in [6, 6.07) is 4.32. The number of carbonyl (C=O) groups excluding carboxylic acids is 1. The van der Waals surface area contributed by atoms with Gasteiger partial charge in [-0.25, -0.2) is 13.4 Å². The number of aromatic nitrogens is 1. The number of halogens is 2. The third-order valence-electron chi connectivity index (χ3n) is 3.49. The largest absolute Gasteiger partial charge is 0.378 e. The molecule has 1 aliphatic rings. The van der Waals surface area contributed by atoms with E-state index in [9.17, 15) is 13.2 Å². The number of thiazole rings is 1. The Bertz CT molecular complexity index is 915. The fourth-order valence-corrected chi connectivity index (χ4v) is 4.93. The van der Waals surface area contributed by atoms with Gasteiger partial charge in [0.15, 0.2) is 5.13 Å². The number of morpholine rings is 1. The van der Waals surface area contributed by atoms with Crippen LogP contribution in [0.5, 0.6) is 0 Å². The molecular formula is C14H14BrClN4O4S2. The number of amides is 1. The van der Waals surface area contributed by atoms with Crippen molar-refractivity contribution in [2.75, 3.05) is 31.2 Å². The van der Waals surface area contributed by atoms with Gasteiger partial charge >= 0.3 is 0 Å². The first kappa shape index (κ1) is 19.5. The highest BCUT2D eigenvalue weighted by Gasteiger charge is 2.21. The van der Waals surface area contributed by atoms with E-state index in [4.69, 9.17) is 16.3 Å². The first-order valence-electron chi connectivity index (χ1n) is 7.42. The standard InChI is InChI=1S/C14H14BrClN4O4S2/c15-9-1-2-12(10(16)7-9)26(22,23)19-18-13(21)11-8-25-14(17-11)20-3-5-24-6-4-20/h1-2,7-8,19H,3-6H2,(H,18,21). The van der Waals surface area contributed by atoms with Crippen molar-refractivity contribution in [1.82, 2.24) is 15.2 Å². The van der Waals surface area contributed by atoms with E-state index in [-0.39, 0.29) is 15.6 Å². The molecule has 1 fully saturated rings. The minimum absolute atomic E-state index is 0.0318. The Morgan fingerprint density at radius 2 is 2.08 bits per heavy atom. The Hall–Kier alpha value is -1.24. The summed E-state index contributed by atoms with van der Waals surface area (Å²) in [6.07, 6.45) is 0. The molecule has 0 spiro atoms. The molecule has 0 aliphatic carbocycles. The molecule has 2 aromatic rings. The van der Waals surface area contributed by atoms with Crippen LogP contribution in [0.3, 0.4) is 0 Å². The molecule has 1 aromatic heterocycles. The zero-order chi connectivity index (χ0) is 18.7. The van der Waals surface area contributed by atoms with Crippen LogP contribution in [0.25, 0.3) is 0 Å². The van der Waals surface area contributed by atoms with Crippen molar-refractivity contribution < 1.29 is 17.9 Å². The molecule has 1 aliphatic heterocycles. The Labute approximate surface area is 167 Å². The van der Waals surface area contributed by atoms with Crippen LogP contribution in [0.2, 0.25) is 5.02 Å². The van der Waals surface area contributed by atoms with Gasteiger partial charge < -0.3 is 9.64 Å². The first-order valence-corrected chi connectivity index (χ1v) is 11.0. The normalized spacial score (nSPS) is 15.1. The zero-order valence-electron chi connectivity index (χ0n) is 13.2. The van der Waals surface area contributed by atoms with Crippen LogP contribution in [-0.2, 0) is 14.8 Å². The number of carbonyl (C=O) groups is 1. The van der Waals surface area contributed by atoms with Crippen molar-refractivity contribution in [2.45, 2.75) is 4.90 Å². The van der Waals surface area contributed by atoms with E-state index in [1.54, 1.807) is 5.38 Å². The number of nitrogens with zero attached hydrogens (tertiary/aromatic N) is 2. The number of rotatable bonds is 5. The summed E-state index contributed by atoms with van der Waals surface area (Å²) >= 11 is 10.5. The summed E-state index contributed by atoms with van der Waals surface area (Å²) in [5, 5.41) is 2.29. The summed E-state index contributed by atoms with van der Waals surface area (Å²) in [5.74, 6) is -0.655. The van der Waals surface area contributed by atoms with Gasteiger partial charge in [-0.05, 0) is 18.2 Å². The van der Waals surface area contributed by atoms with E-state index in [1.807, 2.05) is 9.73 Å². The highest BCUT2D eigenvalue weighted by Crippen LogP contribution is 2.25. The number of hydrogen-bond acceptors (Lipinski definition) is 7. The van der Waals surface area contributed by atoms with Crippen LogP contribution < -0.4 is 15.2 Å². The molecule has 0 radical (unpaired) electrons. The molecular weight excluding hydrogens is 468 g/mol. The SMILES string of the molecule is O=C(NNS(=O)(=O)c1ccc(Br)cc1Cl)c1csc(N2CCOCC2)n1. The fourth-order valence-electron chi connectivity index (χ4n) is 2.19. The molecule has 1 amide bonds. The van der Waals surface area contributed by atoms with Crippen LogP contribution >= 0.6 is 38.9 Å². The van der Waals surface area contributed by atoms with Gasteiger partial charge in [-0.3, -0.25) is 10.2 Å². The average Bonchev–Trinajstić information content (AvgIpc) is 3.10. The molecule has 0 unspecified atom stereocenters. The molecule has 1 aromatic carbocycles. The van der Waals surface area contributed by atoms with E-state index in [0.717, 1.165) is 0 Å². The number of anilines is 1. The summed E-state index contributed by atoms with van der Waals surface area (Å²) in [4.78, 5) is 20.3. The lowest BCUT2D eigenvalue weighted by Crippen LogP contribution is -2.41. The van der Waals surface area contributed by atoms with Crippen LogP contribution in [0.4, 0.5) is 5.13 Å². The second-order valence-electron chi connectivity index (χ2n) is 5.25. The van der Waals surface area contributed by atoms with Crippen LogP contribution in [0.1, 0.15) is 10.5 Å². The molecule has 140 valence electrons. The Balaban J connectivity index is 1.65. The second-order valence-corrected chi connectivity index (χ2v) is 9.06. The van der Waals surface area contributed by atoms with Crippen molar-refractivity contribution in [2.24, 2.45) is 0 Å². The van der Waals surface area contributed by atoms with Crippen molar-refractivity contribution in [3.63, 3.8) is 0 Å². The lowest BCUT2D eigenvalue weighted by molar-refractivity contribution is 0.0940. The van der Waals surface area contributed by atoms with Crippen molar-refractivity contribution in [3.05, 3.63) is 38.8 Å². The highest BCUT2D eigenvalue weighted by molar-refractivity contribution is 9.10. The monoisotopic (exact) mass is 480 g/mol. The van der Waals surface area contributed by atoms with E-state index in [2.05, 4.69) is 26.3 Å². The van der Waals surface area contributed by atoms with E-state index < -0.39 is 15.9 Å². The predicted molar refractivity (Wildman–Crippen MR) is 102 cm³/mol. The van der Waals surface area contributed by atoms with Gasteiger partial charge in [0.1, 0.15) is 10.6 Å². The molecule has 26 heavy (non-hydrogen) atoms. The summed E-state index contributed by atoms with van der Waals surface area (Å²) in [5.41, 5.74) is 2.28. The van der Waals surface area contributed by atoms with E-state index >= 15 is 0 Å². The Kier molecular flexibility index (Phi) is 6.15. The van der Waals surface area contributed by atoms with Crippen LogP contribution in [-0.4, -0.2) is 45.6 Å². The van der Waals surface area contributed by atoms with Gasteiger partial charge in [0.25, 0.3) is 15.9 Å². The highest BCUT2D eigenvalue weighted by atomic mass is 79.9. The molecule has 8 nitrogen and oxygen atoms in total. The maximum atomic E-state index is 12.3. The third-order valence-corrected chi connectivity index (χ3v) is 6.61. The average molecular weight is 482 g/mol. The molecule has 2 N–H and O–H groups in total. The molecule has 0 atom stereocenters. The number of hydrogen-bond donors (Lipinski definition) is 2. The van der Waals surface area contributed by atoms with E-state index in [0.29, 0.717) is 35.9 Å². The number of hydrazine groups is 1. The number of benzene rings is 1. The van der Waals surface area contributed by atoms with Gasteiger partial charge in [0.2, 0.25) is 0 Å². The first-order chi connectivity index (χ1) is 12.4. The second kappa shape index (κ2) is 8.19. The quantitative estimate of drug-likeness (QED) is 0.634. The number of ether oxygens (including phenoxy) is 1. The zero-order valence-corrected chi connectivity index (χ0v) is 17.2. The van der Waals surface area contributed by atoms with Crippen molar-refractivity contribution >= 4 is 59.9 Å². The van der Waals surface area contributed by atoms with Crippen LogP contribution in [0, 0.1) is 0 Å². The molecule has 3 rings (SSSR count). The summed E-state index contributed by atoms with van der Waals surface area (Å²) in [7, 11) is -4.01. The summed E-state index contributed by atoms with van der Waals surface area (Å²) < 4.78 is 30.5. The lowest BCUT2D eigenvalue weighted by atomic mass is 10.4. The number of nitrogens with one attached hydrogen (secondary N) is 2. The fraction of sp³-hybridized carbons (Fsp3) is 0.286. The Morgan fingerprint density at radius 1 is 1.35 bits per heavy atom. The Morgan fingerprint density at radius 3 is 2.77 bits per heavy atom. The molecule has 12 heteroatoms. The van der Waals surface area contributed by atoms with Crippen molar-refractivity contribution in [1.29, 1.82) is 0 Å². The van der Waals surface area contributed by atoms with Gasteiger partial charge in [-0.15, -0.1) is 16.2 Å². The van der Waals surface area contributed by atoms with Gasteiger partial charge in [0, 0.05) is 22.9 Å². The maximum absolute atomic E-state index is 12.3. The van der Waals surface area contributed by atoms with Crippen LogP contribution in [0.15, 0.2) is 32.9 Å². The minimum Gasteiger partial charge on any atom is -0.378 e. The minimum atomic E-state index is -4.01. The maximum Gasteiger partial charge on any atom is 0.285 e. The van der Waals surface area contributed by atoms with Gasteiger partial charge in [0.05, 0.1) is 18.2 Å². The number of sulfonamides is 1. The predicted octanol–water partition coefficient (Wildman–Crippen LogP) is 2.02. The van der Waals surface area contributed by atoms with E-state index in [1.165, 1.54) is 29.5 Å². The third kappa shape index (κ3) is 4.53. The molecule has 0 bridgehead atoms.